The number of aromatic nitrogens is 3. The lowest BCUT2D eigenvalue weighted by Crippen LogP contribution is -2.29. The summed E-state index contributed by atoms with van der Waals surface area (Å²) in [6.07, 6.45) is 8.53. The molecule has 35 heavy (non-hydrogen) atoms. The molecule has 0 fully saturated rings. The van der Waals surface area contributed by atoms with Crippen LogP contribution in [-0.2, 0) is 17.8 Å². The Morgan fingerprint density at radius 1 is 1.14 bits per heavy atom. The molecule has 1 amide bonds. The van der Waals surface area contributed by atoms with E-state index in [1.54, 1.807) is 19.7 Å². The molecular formula is C26H34ClN7O. The fourth-order valence-electron chi connectivity index (χ4n) is 3.79. The lowest BCUT2D eigenvalue weighted by Gasteiger charge is -2.16. The number of aryl methyl sites for hydroxylation is 1. The van der Waals surface area contributed by atoms with Gasteiger partial charge in [-0.15, -0.1) is 10.2 Å². The Bertz CT molecular complexity index is 1100. The molecule has 0 saturated carbocycles. The van der Waals surface area contributed by atoms with Crippen molar-refractivity contribution in [1.82, 2.24) is 25.4 Å². The molecule has 0 bridgehead atoms. The smallest absolute Gasteiger partial charge is 0.221 e. The first kappa shape index (κ1) is 26.4. The number of hydrogen-bond donors (Lipinski definition) is 3. The van der Waals surface area contributed by atoms with Crippen LogP contribution in [-0.4, -0.2) is 53.6 Å². The van der Waals surface area contributed by atoms with Gasteiger partial charge in [0.25, 0.3) is 0 Å². The van der Waals surface area contributed by atoms with Gasteiger partial charge in [-0.25, -0.2) is 0 Å². The molecule has 0 spiro atoms. The van der Waals surface area contributed by atoms with Crippen molar-refractivity contribution in [3.05, 3.63) is 70.8 Å². The average molecular weight is 496 g/mol. The number of benzene rings is 2. The second-order valence-corrected chi connectivity index (χ2v) is 8.70. The number of carbonyl (C=O) groups is 1. The molecule has 1 aromatic heterocycles. The number of amides is 1. The molecule has 0 unspecified atom stereocenters. The summed E-state index contributed by atoms with van der Waals surface area (Å²) in [6.45, 7) is 4.82. The average Bonchev–Trinajstić information content (AvgIpc) is 3.39. The van der Waals surface area contributed by atoms with E-state index < -0.39 is 0 Å². The molecule has 3 rings (SSSR count). The minimum atomic E-state index is 0.0437. The Morgan fingerprint density at radius 2 is 1.97 bits per heavy atom. The summed E-state index contributed by atoms with van der Waals surface area (Å²) in [5, 5.41) is 18.4. The van der Waals surface area contributed by atoms with Crippen molar-refractivity contribution in [3.63, 3.8) is 0 Å². The monoisotopic (exact) mass is 495 g/mol. The van der Waals surface area contributed by atoms with Crippen LogP contribution >= 0.6 is 11.6 Å². The zero-order chi connectivity index (χ0) is 24.9. The molecule has 0 aliphatic rings. The highest BCUT2D eigenvalue weighted by molar-refractivity contribution is 6.30. The Hall–Kier alpha value is -3.23. The van der Waals surface area contributed by atoms with Gasteiger partial charge in [0, 0.05) is 62.1 Å². The van der Waals surface area contributed by atoms with Crippen molar-refractivity contribution in [2.45, 2.75) is 39.2 Å². The Morgan fingerprint density at radius 3 is 2.71 bits per heavy atom. The number of hydrogen-bond acceptors (Lipinski definition) is 6. The lowest BCUT2D eigenvalue weighted by atomic mass is 10.0. The Balaban J connectivity index is 1.45. The summed E-state index contributed by atoms with van der Waals surface area (Å²) < 4.78 is 1.90. The van der Waals surface area contributed by atoms with Gasteiger partial charge in [0.1, 0.15) is 12.7 Å². The fourth-order valence-corrected chi connectivity index (χ4v) is 4.01. The summed E-state index contributed by atoms with van der Waals surface area (Å²) in [6, 6.07) is 12.0. The largest absolute Gasteiger partial charge is 0.384 e. The van der Waals surface area contributed by atoms with Crippen LogP contribution in [0.1, 0.15) is 42.9 Å². The highest BCUT2D eigenvalue weighted by Crippen LogP contribution is 2.25. The quantitative estimate of drug-likeness (QED) is 0.232. The molecule has 3 aromatic rings. The Labute approximate surface area is 212 Å². The van der Waals surface area contributed by atoms with Crippen LogP contribution in [0.25, 0.3) is 5.69 Å². The van der Waals surface area contributed by atoms with Gasteiger partial charge in [0.15, 0.2) is 0 Å². The van der Waals surface area contributed by atoms with Gasteiger partial charge in [-0.1, -0.05) is 37.1 Å². The van der Waals surface area contributed by atoms with E-state index in [4.69, 9.17) is 11.6 Å². The van der Waals surface area contributed by atoms with Crippen molar-refractivity contribution in [2.24, 2.45) is 4.99 Å². The van der Waals surface area contributed by atoms with Gasteiger partial charge >= 0.3 is 0 Å². The maximum Gasteiger partial charge on any atom is 0.221 e. The zero-order valence-electron chi connectivity index (χ0n) is 20.4. The SMILES string of the molecule is CCCc1cc(-n2cnnc2)cc(NCCCNC(=O)CCNCc2cccc(Cl)c2)c1C=NC. The van der Waals surface area contributed by atoms with Crippen LogP contribution < -0.4 is 16.0 Å². The number of nitrogens with zero attached hydrogens (tertiary/aromatic N) is 4. The van der Waals surface area contributed by atoms with Gasteiger partial charge in [0.2, 0.25) is 5.91 Å². The number of carbonyl (C=O) groups excluding carboxylic acids is 1. The molecule has 0 radical (unpaired) electrons. The van der Waals surface area contributed by atoms with Crippen LogP contribution in [0.5, 0.6) is 0 Å². The maximum absolute atomic E-state index is 12.1. The standard InChI is InChI=1S/C26H34ClN7O/c1-3-6-21-14-23(34-18-32-33-19-34)15-25(24(21)17-28-2)30-10-5-11-31-26(35)9-12-29-16-20-7-4-8-22(27)13-20/h4,7-8,13-15,17-19,29-30H,3,5-6,9-12,16H2,1-2H3,(H,31,35). The van der Waals surface area contributed by atoms with E-state index >= 15 is 0 Å². The predicted molar refractivity (Wildman–Crippen MR) is 143 cm³/mol. The Kier molecular flexibility index (Phi) is 10.7. The van der Waals surface area contributed by atoms with Crippen molar-refractivity contribution < 1.29 is 4.79 Å². The van der Waals surface area contributed by atoms with E-state index in [0.717, 1.165) is 53.3 Å². The third kappa shape index (κ3) is 8.49. The van der Waals surface area contributed by atoms with Crippen LogP contribution in [0.15, 0.2) is 54.0 Å². The third-order valence-electron chi connectivity index (χ3n) is 5.48. The number of anilines is 1. The first-order chi connectivity index (χ1) is 17.1. The zero-order valence-corrected chi connectivity index (χ0v) is 21.2. The van der Waals surface area contributed by atoms with Crippen LogP contribution in [0.3, 0.4) is 0 Å². The summed E-state index contributed by atoms with van der Waals surface area (Å²) in [4.78, 5) is 16.4. The molecule has 0 aliphatic carbocycles. The van der Waals surface area contributed by atoms with Gasteiger partial charge in [-0.05, 0) is 48.2 Å². The second-order valence-electron chi connectivity index (χ2n) is 8.26. The van der Waals surface area contributed by atoms with E-state index in [2.05, 4.69) is 50.2 Å². The van der Waals surface area contributed by atoms with E-state index in [9.17, 15) is 4.79 Å². The number of aliphatic imine (C=N–C) groups is 1. The van der Waals surface area contributed by atoms with Gasteiger partial charge in [0.05, 0.1) is 5.69 Å². The molecular weight excluding hydrogens is 462 g/mol. The summed E-state index contributed by atoms with van der Waals surface area (Å²) in [5.41, 5.74) is 5.45. The van der Waals surface area contributed by atoms with E-state index in [1.165, 1.54) is 5.56 Å². The molecule has 8 nitrogen and oxygen atoms in total. The van der Waals surface area contributed by atoms with Crippen molar-refractivity contribution in [2.75, 3.05) is 32.0 Å². The van der Waals surface area contributed by atoms with Gasteiger partial charge < -0.3 is 16.0 Å². The predicted octanol–water partition coefficient (Wildman–Crippen LogP) is 4.02. The van der Waals surface area contributed by atoms with Crippen molar-refractivity contribution in [1.29, 1.82) is 0 Å². The van der Waals surface area contributed by atoms with Crippen LogP contribution in [0.2, 0.25) is 5.02 Å². The number of rotatable bonds is 14. The van der Waals surface area contributed by atoms with E-state index in [0.29, 0.717) is 26.1 Å². The normalized spacial score (nSPS) is 11.2. The summed E-state index contributed by atoms with van der Waals surface area (Å²) in [5.74, 6) is 0.0437. The van der Waals surface area contributed by atoms with Crippen LogP contribution in [0.4, 0.5) is 5.69 Å². The first-order valence-corrected chi connectivity index (χ1v) is 12.4. The van der Waals surface area contributed by atoms with Crippen LogP contribution in [0, 0.1) is 0 Å². The fraction of sp³-hybridized carbons (Fsp3) is 0.385. The molecule has 1 heterocycles. The first-order valence-electron chi connectivity index (χ1n) is 12.0. The van der Waals surface area contributed by atoms with Gasteiger partial charge in [-0.2, -0.15) is 0 Å². The minimum Gasteiger partial charge on any atom is -0.384 e. The topological polar surface area (TPSA) is 96.2 Å². The van der Waals surface area contributed by atoms with E-state index in [1.807, 2.05) is 35.0 Å². The molecule has 3 N–H and O–H groups in total. The lowest BCUT2D eigenvalue weighted by molar-refractivity contribution is -0.120. The number of nitrogens with one attached hydrogen (secondary N) is 3. The molecule has 0 atom stereocenters. The highest BCUT2D eigenvalue weighted by atomic mass is 35.5. The van der Waals surface area contributed by atoms with Crippen molar-refractivity contribution >= 4 is 29.4 Å². The number of halogens is 1. The maximum atomic E-state index is 12.1. The molecule has 2 aromatic carbocycles. The highest BCUT2D eigenvalue weighted by Gasteiger charge is 2.11. The molecule has 9 heteroatoms. The van der Waals surface area contributed by atoms with E-state index in [-0.39, 0.29) is 5.91 Å². The third-order valence-corrected chi connectivity index (χ3v) is 5.72. The van der Waals surface area contributed by atoms with Crippen molar-refractivity contribution in [3.8, 4) is 5.69 Å². The summed E-state index contributed by atoms with van der Waals surface area (Å²) in [7, 11) is 1.78. The van der Waals surface area contributed by atoms with Gasteiger partial charge in [-0.3, -0.25) is 14.4 Å². The summed E-state index contributed by atoms with van der Waals surface area (Å²) >= 11 is 6.00. The molecule has 0 saturated heterocycles. The molecule has 186 valence electrons. The second kappa shape index (κ2) is 14.2. The minimum absolute atomic E-state index is 0.0437. The molecule has 0 aliphatic heterocycles.